The Bertz CT molecular complexity index is 1630. The number of carbonyl (C=O) groups is 2. The Hall–Kier alpha value is -4.51. The fourth-order valence-electron chi connectivity index (χ4n) is 4.36. The van der Waals surface area contributed by atoms with E-state index in [0.29, 0.717) is 22.4 Å². The van der Waals surface area contributed by atoms with Gasteiger partial charge in [0.15, 0.2) is 5.78 Å². The summed E-state index contributed by atoms with van der Waals surface area (Å²) in [7, 11) is 2.01. The summed E-state index contributed by atoms with van der Waals surface area (Å²) in [4.78, 5) is 30.6. The van der Waals surface area contributed by atoms with Crippen LogP contribution in [0.3, 0.4) is 0 Å². The molecule has 0 aliphatic rings. The van der Waals surface area contributed by atoms with Crippen LogP contribution in [0.25, 0.3) is 21.8 Å². The summed E-state index contributed by atoms with van der Waals surface area (Å²) in [5, 5.41) is 6.05. The van der Waals surface area contributed by atoms with Gasteiger partial charge in [0.05, 0.1) is 11.3 Å². The van der Waals surface area contributed by atoms with Crippen LogP contribution >= 0.6 is 0 Å². The molecule has 0 saturated heterocycles. The lowest BCUT2D eigenvalue weighted by Gasteiger charge is -2.05. The average molecular weight is 461 g/mol. The lowest BCUT2D eigenvalue weighted by molar-refractivity contribution is 0.0516. The van der Waals surface area contributed by atoms with Crippen molar-refractivity contribution in [2.45, 2.75) is 13.8 Å². The van der Waals surface area contributed by atoms with E-state index in [0.717, 1.165) is 32.9 Å². The summed E-state index contributed by atoms with van der Waals surface area (Å²) < 4.78 is 2.11. The van der Waals surface area contributed by atoms with Crippen LogP contribution in [0.15, 0.2) is 96.2 Å². The topological polar surface area (TPSA) is 60.7 Å². The summed E-state index contributed by atoms with van der Waals surface area (Å²) in [5.41, 5.74) is 6.24. The number of fused-ring (bicyclic) bond motifs is 3. The van der Waals surface area contributed by atoms with Crippen LogP contribution in [-0.4, -0.2) is 22.0 Å². The molecule has 0 spiro atoms. The third-order valence-electron chi connectivity index (χ3n) is 6.35. The summed E-state index contributed by atoms with van der Waals surface area (Å²) in [6, 6.07) is 28.2. The Balaban J connectivity index is 1.52. The van der Waals surface area contributed by atoms with Crippen molar-refractivity contribution in [3.8, 4) is 0 Å². The van der Waals surface area contributed by atoms with Crippen molar-refractivity contribution >= 4 is 39.3 Å². The first-order valence-electron chi connectivity index (χ1n) is 11.4. The first-order valence-corrected chi connectivity index (χ1v) is 11.4. The minimum Gasteiger partial charge on any atom is -0.344 e. The Morgan fingerprint density at radius 2 is 1.34 bits per heavy atom. The number of ketones is 1. The van der Waals surface area contributed by atoms with Gasteiger partial charge in [-0.1, -0.05) is 53.7 Å². The van der Waals surface area contributed by atoms with Gasteiger partial charge >= 0.3 is 5.97 Å². The third kappa shape index (κ3) is 4.13. The Kier molecular flexibility index (Phi) is 5.75. The zero-order chi connectivity index (χ0) is 24.5. The maximum atomic E-state index is 13.2. The van der Waals surface area contributed by atoms with Crippen LogP contribution in [0.4, 0.5) is 0 Å². The molecule has 5 heteroatoms. The zero-order valence-corrected chi connectivity index (χ0v) is 19.8. The molecule has 0 unspecified atom stereocenters. The van der Waals surface area contributed by atoms with Crippen LogP contribution in [-0.2, 0) is 11.9 Å². The van der Waals surface area contributed by atoms with Gasteiger partial charge in [0.25, 0.3) is 0 Å². The van der Waals surface area contributed by atoms with Crippen LogP contribution < -0.4 is 0 Å². The first-order chi connectivity index (χ1) is 16.9. The normalized spacial score (nSPS) is 11.7. The molecule has 0 aliphatic carbocycles. The van der Waals surface area contributed by atoms with Gasteiger partial charge in [0.2, 0.25) is 0 Å². The number of carbonyl (C=O) groups excluding carboxylic acids is 2. The van der Waals surface area contributed by atoms with Crippen molar-refractivity contribution in [3.63, 3.8) is 0 Å². The van der Waals surface area contributed by atoms with E-state index < -0.39 is 5.97 Å². The highest BCUT2D eigenvalue weighted by Crippen LogP contribution is 2.31. The molecule has 4 aromatic carbocycles. The molecule has 0 bridgehead atoms. The van der Waals surface area contributed by atoms with Crippen molar-refractivity contribution in [3.05, 3.63) is 119 Å². The number of benzene rings is 4. The molecule has 35 heavy (non-hydrogen) atoms. The molecule has 0 amide bonds. The maximum Gasteiger partial charge on any atom is 0.365 e. The van der Waals surface area contributed by atoms with E-state index in [1.807, 2.05) is 80.7 Å². The standard InChI is InChI=1S/C30H24N2O3/c1-19-9-7-8-12-24(19)29(33)23-14-16-28-26(18-23)25-17-22(13-15-27(25)32(28)3)20(2)31-35-30(34)21-10-5-4-6-11-21/h4-18H,1-3H3. The molecule has 0 N–H and O–H groups in total. The van der Waals surface area contributed by atoms with Gasteiger partial charge in [0, 0.05) is 40.0 Å². The molecule has 0 radical (unpaired) electrons. The van der Waals surface area contributed by atoms with Crippen LogP contribution in [0.1, 0.15) is 44.3 Å². The monoisotopic (exact) mass is 460 g/mol. The van der Waals surface area contributed by atoms with Crippen molar-refractivity contribution in [2.75, 3.05) is 0 Å². The summed E-state index contributed by atoms with van der Waals surface area (Å²) >= 11 is 0. The fraction of sp³-hybridized carbons (Fsp3) is 0.100. The van der Waals surface area contributed by atoms with E-state index in [1.54, 1.807) is 31.2 Å². The quantitative estimate of drug-likeness (QED) is 0.131. The molecule has 5 aromatic rings. The second-order valence-corrected chi connectivity index (χ2v) is 8.59. The lowest BCUT2D eigenvalue weighted by Crippen LogP contribution is -2.03. The maximum absolute atomic E-state index is 13.2. The second-order valence-electron chi connectivity index (χ2n) is 8.59. The number of aryl methyl sites for hydroxylation is 2. The van der Waals surface area contributed by atoms with Crippen LogP contribution in [0, 0.1) is 6.92 Å². The molecular weight excluding hydrogens is 436 g/mol. The van der Waals surface area contributed by atoms with Gasteiger partial charge in [-0.25, -0.2) is 4.79 Å². The highest BCUT2D eigenvalue weighted by molar-refractivity contribution is 6.16. The molecular formula is C30H24N2O3. The number of nitrogens with zero attached hydrogens (tertiary/aromatic N) is 2. The minimum absolute atomic E-state index is 0.00345. The largest absolute Gasteiger partial charge is 0.365 e. The average Bonchev–Trinajstić information content (AvgIpc) is 3.18. The van der Waals surface area contributed by atoms with Gasteiger partial charge in [-0.3, -0.25) is 4.79 Å². The van der Waals surface area contributed by atoms with Crippen molar-refractivity contribution < 1.29 is 14.4 Å². The number of hydrogen-bond acceptors (Lipinski definition) is 4. The van der Waals surface area contributed by atoms with Crippen LogP contribution in [0.5, 0.6) is 0 Å². The third-order valence-corrected chi connectivity index (χ3v) is 6.35. The highest BCUT2D eigenvalue weighted by Gasteiger charge is 2.16. The summed E-state index contributed by atoms with van der Waals surface area (Å²) in [5.74, 6) is -0.501. The SMILES string of the molecule is CC(=NOC(=O)c1ccccc1)c1ccc2c(c1)c1cc(C(=O)c3ccccc3C)ccc1n2C. The van der Waals surface area contributed by atoms with Crippen molar-refractivity contribution in [1.82, 2.24) is 4.57 Å². The van der Waals surface area contributed by atoms with Gasteiger partial charge in [0.1, 0.15) is 0 Å². The van der Waals surface area contributed by atoms with Crippen molar-refractivity contribution in [1.29, 1.82) is 0 Å². The van der Waals surface area contributed by atoms with Gasteiger partial charge < -0.3 is 9.40 Å². The number of oxime groups is 1. The Morgan fingerprint density at radius 3 is 2.03 bits per heavy atom. The molecule has 0 atom stereocenters. The van der Waals surface area contributed by atoms with Gasteiger partial charge in [-0.2, -0.15) is 0 Å². The minimum atomic E-state index is -0.504. The van der Waals surface area contributed by atoms with E-state index in [1.165, 1.54) is 0 Å². The van der Waals surface area contributed by atoms with Gasteiger partial charge in [-0.15, -0.1) is 0 Å². The molecule has 0 fully saturated rings. The summed E-state index contributed by atoms with van der Waals surface area (Å²) in [6.45, 7) is 3.75. The molecule has 5 rings (SSSR count). The van der Waals surface area contributed by atoms with E-state index >= 15 is 0 Å². The van der Waals surface area contributed by atoms with E-state index in [-0.39, 0.29) is 5.78 Å². The molecule has 1 aromatic heterocycles. The molecule has 1 heterocycles. The molecule has 0 aliphatic heterocycles. The molecule has 0 saturated carbocycles. The fourth-order valence-corrected chi connectivity index (χ4v) is 4.36. The zero-order valence-electron chi connectivity index (χ0n) is 19.8. The molecule has 5 nitrogen and oxygen atoms in total. The predicted octanol–water partition coefficient (Wildman–Crippen LogP) is 6.45. The Morgan fingerprint density at radius 1 is 0.743 bits per heavy atom. The number of aromatic nitrogens is 1. The summed E-state index contributed by atoms with van der Waals surface area (Å²) in [6.07, 6.45) is 0. The lowest BCUT2D eigenvalue weighted by atomic mass is 9.97. The van der Waals surface area contributed by atoms with Gasteiger partial charge in [-0.05, 0) is 67.4 Å². The Labute approximate surface area is 203 Å². The van der Waals surface area contributed by atoms with E-state index in [4.69, 9.17) is 4.84 Å². The smallest absolute Gasteiger partial charge is 0.344 e. The van der Waals surface area contributed by atoms with Crippen molar-refractivity contribution in [2.24, 2.45) is 12.2 Å². The van der Waals surface area contributed by atoms with E-state index in [9.17, 15) is 9.59 Å². The highest BCUT2D eigenvalue weighted by atomic mass is 16.7. The number of rotatable bonds is 5. The number of hydrogen-bond donors (Lipinski definition) is 0. The second kappa shape index (κ2) is 9.03. The van der Waals surface area contributed by atoms with Crippen LogP contribution in [0.2, 0.25) is 0 Å². The first kappa shape index (κ1) is 22.3. The molecule has 172 valence electrons. The predicted molar refractivity (Wildman–Crippen MR) is 139 cm³/mol. The van der Waals surface area contributed by atoms with E-state index in [2.05, 4.69) is 9.72 Å².